The van der Waals surface area contributed by atoms with Crippen LogP contribution in [0, 0.1) is 0 Å². The van der Waals surface area contributed by atoms with E-state index < -0.39 is 6.10 Å². The SMILES string of the molecule is O=C(CN1CCCCCCC1=O)NCC(O)c1ccc(Cl)cc1. The highest BCUT2D eigenvalue weighted by Crippen LogP contribution is 2.16. The number of carbonyl (C=O) groups is 2. The summed E-state index contributed by atoms with van der Waals surface area (Å²) >= 11 is 5.80. The number of nitrogens with one attached hydrogen (secondary N) is 1. The Labute approximate surface area is 141 Å². The zero-order chi connectivity index (χ0) is 16.7. The molecule has 6 heteroatoms. The van der Waals surface area contributed by atoms with Crippen LogP contribution in [0.3, 0.4) is 0 Å². The molecular weight excluding hydrogens is 316 g/mol. The maximum Gasteiger partial charge on any atom is 0.239 e. The summed E-state index contributed by atoms with van der Waals surface area (Å²) in [5.41, 5.74) is 0.692. The normalized spacial score (nSPS) is 17.3. The molecule has 23 heavy (non-hydrogen) atoms. The Bertz CT molecular complexity index is 533. The van der Waals surface area contributed by atoms with Gasteiger partial charge in [0.25, 0.3) is 0 Å². The summed E-state index contributed by atoms with van der Waals surface area (Å²) in [6, 6.07) is 6.84. The van der Waals surface area contributed by atoms with Crippen LogP contribution in [0.25, 0.3) is 0 Å². The van der Waals surface area contributed by atoms with Gasteiger partial charge >= 0.3 is 0 Å². The summed E-state index contributed by atoms with van der Waals surface area (Å²) in [5.74, 6) is -0.204. The van der Waals surface area contributed by atoms with Crippen molar-refractivity contribution in [3.05, 3.63) is 34.9 Å². The van der Waals surface area contributed by atoms with E-state index in [1.807, 2.05) is 0 Å². The number of carbonyl (C=O) groups excluding carboxylic acids is 2. The van der Waals surface area contributed by atoms with E-state index in [0.717, 1.165) is 25.7 Å². The fourth-order valence-electron chi connectivity index (χ4n) is 2.63. The minimum absolute atomic E-state index is 0.0399. The van der Waals surface area contributed by atoms with Crippen LogP contribution in [0.15, 0.2) is 24.3 Å². The molecule has 5 nitrogen and oxygen atoms in total. The van der Waals surface area contributed by atoms with E-state index in [9.17, 15) is 14.7 Å². The molecule has 1 fully saturated rings. The molecular formula is C17H23ClN2O3. The molecule has 0 bridgehead atoms. The Morgan fingerprint density at radius 3 is 2.65 bits per heavy atom. The number of hydrogen-bond acceptors (Lipinski definition) is 3. The van der Waals surface area contributed by atoms with E-state index >= 15 is 0 Å². The van der Waals surface area contributed by atoms with E-state index in [1.165, 1.54) is 0 Å². The highest BCUT2D eigenvalue weighted by atomic mass is 35.5. The lowest BCUT2D eigenvalue weighted by atomic mass is 10.1. The number of nitrogens with zero attached hydrogens (tertiary/aromatic N) is 1. The number of aliphatic hydroxyl groups excluding tert-OH is 1. The zero-order valence-corrected chi connectivity index (χ0v) is 13.9. The van der Waals surface area contributed by atoms with Gasteiger partial charge in [0.2, 0.25) is 11.8 Å². The van der Waals surface area contributed by atoms with Crippen LogP contribution in [-0.2, 0) is 9.59 Å². The van der Waals surface area contributed by atoms with Gasteiger partial charge in [-0.2, -0.15) is 0 Å². The second-order valence-electron chi connectivity index (χ2n) is 5.85. The monoisotopic (exact) mass is 338 g/mol. The molecule has 2 amide bonds. The quantitative estimate of drug-likeness (QED) is 0.865. The second kappa shape index (κ2) is 8.89. The van der Waals surface area contributed by atoms with Crippen molar-refractivity contribution >= 4 is 23.4 Å². The Morgan fingerprint density at radius 1 is 1.22 bits per heavy atom. The number of likely N-dealkylation sites (tertiary alicyclic amines) is 1. The number of hydrogen-bond donors (Lipinski definition) is 2. The van der Waals surface area contributed by atoms with Crippen molar-refractivity contribution in [2.24, 2.45) is 0 Å². The van der Waals surface area contributed by atoms with Crippen LogP contribution in [-0.4, -0.2) is 41.5 Å². The topological polar surface area (TPSA) is 69.6 Å². The molecule has 1 aliphatic heterocycles. The molecule has 2 rings (SSSR count). The molecule has 1 aromatic carbocycles. The van der Waals surface area contributed by atoms with Crippen LogP contribution < -0.4 is 5.32 Å². The number of amides is 2. The molecule has 0 aromatic heterocycles. The minimum atomic E-state index is -0.792. The van der Waals surface area contributed by atoms with E-state index in [1.54, 1.807) is 29.2 Å². The molecule has 0 radical (unpaired) electrons. The Balaban J connectivity index is 1.79. The van der Waals surface area contributed by atoms with Gasteiger partial charge in [-0.25, -0.2) is 0 Å². The molecule has 0 saturated carbocycles. The summed E-state index contributed by atoms with van der Waals surface area (Å²) in [4.78, 5) is 25.6. The van der Waals surface area contributed by atoms with Gasteiger partial charge in [-0.05, 0) is 30.5 Å². The molecule has 2 N–H and O–H groups in total. The fourth-order valence-corrected chi connectivity index (χ4v) is 2.75. The number of halogens is 1. The third-order valence-electron chi connectivity index (χ3n) is 4.00. The van der Waals surface area contributed by atoms with Crippen molar-refractivity contribution < 1.29 is 14.7 Å². The van der Waals surface area contributed by atoms with Crippen molar-refractivity contribution in [1.82, 2.24) is 10.2 Å². The first kappa shape index (κ1) is 17.8. The molecule has 0 aliphatic carbocycles. The van der Waals surface area contributed by atoms with Gasteiger partial charge in [0.1, 0.15) is 0 Å². The zero-order valence-electron chi connectivity index (χ0n) is 13.1. The van der Waals surface area contributed by atoms with Crippen LogP contribution in [0.5, 0.6) is 0 Å². The van der Waals surface area contributed by atoms with Crippen LogP contribution in [0.2, 0.25) is 5.02 Å². The Hall–Kier alpha value is -1.59. The summed E-state index contributed by atoms with van der Waals surface area (Å²) < 4.78 is 0. The first-order valence-electron chi connectivity index (χ1n) is 8.04. The average Bonchev–Trinajstić information content (AvgIpc) is 2.53. The highest BCUT2D eigenvalue weighted by molar-refractivity contribution is 6.30. The minimum Gasteiger partial charge on any atom is -0.387 e. The molecule has 1 aliphatic rings. The lowest BCUT2D eigenvalue weighted by Gasteiger charge is -2.24. The van der Waals surface area contributed by atoms with Crippen molar-refractivity contribution in [3.8, 4) is 0 Å². The molecule has 1 unspecified atom stereocenters. The lowest BCUT2D eigenvalue weighted by Crippen LogP contribution is -2.42. The summed E-state index contributed by atoms with van der Waals surface area (Å²) in [6.45, 7) is 0.806. The molecule has 0 spiro atoms. The largest absolute Gasteiger partial charge is 0.387 e. The van der Waals surface area contributed by atoms with Crippen molar-refractivity contribution in [1.29, 1.82) is 0 Å². The summed E-state index contributed by atoms with van der Waals surface area (Å²) in [6.07, 6.45) is 3.73. The van der Waals surface area contributed by atoms with Gasteiger partial charge in [-0.3, -0.25) is 9.59 Å². The van der Waals surface area contributed by atoms with Crippen molar-refractivity contribution in [2.45, 2.75) is 38.2 Å². The number of rotatable bonds is 5. The van der Waals surface area contributed by atoms with Crippen LogP contribution >= 0.6 is 11.6 Å². The number of benzene rings is 1. The summed E-state index contributed by atoms with van der Waals surface area (Å²) in [5, 5.41) is 13.3. The smallest absolute Gasteiger partial charge is 0.239 e. The van der Waals surface area contributed by atoms with Gasteiger partial charge in [-0.15, -0.1) is 0 Å². The van der Waals surface area contributed by atoms with Crippen LogP contribution in [0.4, 0.5) is 0 Å². The van der Waals surface area contributed by atoms with Gasteiger partial charge in [0.05, 0.1) is 12.6 Å². The summed E-state index contributed by atoms with van der Waals surface area (Å²) in [7, 11) is 0. The van der Waals surface area contributed by atoms with Gasteiger partial charge in [0, 0.05) is 24.5 Å². The third-order valence-corrected chi connectivity index (χ3v) is 4.26. The maximum atomic E-state index is 12.0. The fraction of sp³-hybridized carbons (Fsp3) is 0.529. The van der Waals surface area contributed by atoms with Gasteiger partial charge in [-0.1, -0.05) is 36.6 Å². The molecule has 1 saturated heterocycles. The van der Waals surface area contributed by atoms with Gasteiger partial charge in [0.15, 0.2) is 0 Å². The van der Waals surface area contributed by atoms with Crippen molar-refractivity contribution in [3.63, 3.8) is 0 Å². The van der Waals surface area contributed by atoms with Gasteiger partial charge < -0.3 is 15.3 Å². The predicted octanol–water partition coefficient (Wildman–Crippen LogP) is 2.28. The van der Waals surface area contributed by atoms with Crippen molar-refractivity contribution in [2.75, 3.05) is 19.6 Å². The van der Waals surface area contributed by atoms with E-state index in [2.05, 4.69) is 5.32 Å². The van der Waals surface area contributed by atoms with E-state index in [0.29, 0.717) is 23.6 Å². The Kier molecular flexibility index (Phi) is 6.86. The molecule has 1 heterocycles. The first-order valence-corrected chi connectivity index (χ1v) is 8.42. The van der Waals surface area contributed by atoms with Crippen LogP contribution in [0.1, 0.15) is 43.8 Å². The number of aliphatic hydroxyl groups is 1. The Morgan fingerprint density at radius 2 is 1.91 bits per heavy atom. The standard InChI is InChI=1S/C17H23ClN2O3/c18-14-8-6-13(7-9-14)15(21)11-19-16(22)12-20-10-4-2-1-3-5-17(20)23/h6-9,15,21H,1-5,10-12H2,(H,19,22). The second-order valence-corrected chi connectivity index (χ2v) is 6.29. The van der Waals surface area contributed by atoms with E-state index in [4.69, 9.17) is 11.6 Å². The predicted molar refractivity (Wildman–Crippen MR) is 89.1 cm³/mol. The third kappa shape index (κ3) is 5.84. The van der Waals surface area contributed by atoms with E-state index in [-0.39, 0.29) is 24.9 Å². The first-order chi connectivity index (χ1) is 11.1. The average molecular weight is 339 g/mol. The highest BCUT2D eigenvalue weighted by Gasteiger charge is 2.18. The maximum absolute atomic E-state index is 12.0. The molecule has 126 valence electrons. The lowest BCUT2D eigenvalue weighted by molar-refractivity contribution is -0.136. The molecule has 1 aromatic rings. The molecule has 1 atom stereocenters.